The van der Waals surface area contributed by atoms with Crippen LogP contribution in [-0.2, 0) is 6.54 Å². The predicted octanol–water partition coefficient (Wildman–Crippen LogP) is 4.06. The Kier molecular flexibility index (Phi) is 4.86. The standard InChI is InChI=1S/C26H22N2O3/c29-24-22-9-2-1-8-20(22)21-11-10-18(15-23(21)24)25(30)27-16-17-6-5-7-19(14-17)26(31)28-12-3-4-13-28/h1-2,5-11,14-15H,3-4,12-13,16H2,(H,27,30). The molecule has 2 aliphatic rings. The number of hydrogen-bond donors (Lipinski definition) is 1. The smallest absolute Gasteiger partial charge is 0.253 e. The quantitative estimate of drug-likeness (QED) is 0.552. The van der Waals surface area contributed by atoms with Gasteiger partial charge in [-0.25, -0.2) is 0 Å². The summed E-state index contributed by atoms with van der Waals surface area (Å²) in [7, 11) is 0. The monoisotopic (exact) mass is 410 g/mol. The molecule has 0 bridgehead atoms. The van der Waals surface area contributed by atoms with Crippen molar-refractivity contribution in [1.29, 1.82) is 0 Å². The van der Waals surface area contributed by atoms with E-state index in [4.69, 9.17) is 0 Å². The predicted molar refractivity (Wildman–Crippen MR) is 118 cm³/mol. The molecule has 3 aromatic carbocycles. The van der Waals surface area contributed by atoms with Crippen LogP contribution in [0.4, 0.5) is 0 Å². The molecule has 0 radical (unpaired) electrons. The third-order valence-corrected chi connectivity index (χ3v) is 6.01. The van der Waals surface area contributed by atoms with Crippen molar-refractivity contribution in [3.8, 4) is 11.1 Å². The highest BCUT2D eigenvalue weighted by Gasteiger charge is 2.27. The first kappa shape index (κ1) is 19.2. The molecule has 1 aliphatic heterocycles. The van der Waals surface area contributed by atoms with Gasteiger partial charge in [0.25, 0.3) is 11.8 Å². The molecule has 0 spiro atoms. The molecule has 1 saturated heterocycles. The van der Waals surface area contributed by atoms with Gasteiger partial charge in [-0.05, 0) is 53.8 Å². The molecule has 1 aliphatic carbocycles. The van der Waals surface area contributed by atoms with Crippen molar-refractivity contribution in [2.45, 2.75) is 19.4 Å². The van der Waals surface area contributed by atoms with Gasteiger partial charge in [0, 0.05) is 41.9 Å². The average Bonchev–Trinajstić information content (AvgIpc) is 3.45. The summed E-state index contributed by atoms with van der Waals surface area (Å²) in [6.45, 7) is 1.92. The van der Waals surface area contributed by atoms with E-state index in [1.54, 1.807) is 12.1 Å². The van der Waals surface area contributed by atoms with Crippen molar-refractivity contribution < 1.29 is 14.4 Å². The highest BCUT2D eigenvalue weighted by Crippen LogP contribution is 2.36. The molecular formula is C26H22N2O3. The molecule has 1 heterocycles. The summed E-state index contributed by atoms with van der Waals surface area (Å²) >= 11 is 0. The van der Waals surface area contributed by atoms with E-state index in [0.29, 0.717) is 28.8 Å². The fourth-order valence-corrected chi connectivity index (χ4v) is 4.37. The zero-order chi connectivity index (χ0) is 21.4. The van der Waals surface area contributed by atoms with Crippen LogP contribution in [0.25, 0.3) is 11.1 Å². The second kappa shape index (κ2) is 7.84. The second-order valence-corrected chi connectivity index (χ2v) is 8.02. The molecule has 5 nitrogen and oxygen atoms in total. The highest BCUT2D eigenvalue weighted by atomic mass is 16.2. The number of rotatable bonds is 4. The van der Waals surface area contributed by atoms with Crippen molar-refractivity contribution in [3.63, 3.8) is 0 Å². The molecule has 5 rings (SSSR count). The Balaban J connectivity index is 1.29. The van der Waals surface area contributed by atoms with Crippen molar-refractivity contribution in [1.82, 2.24) is 10.2 Å². The highest BCUT2D eigenvalue weighted by molar-refractivity contribution is 6.22. The molecule has 0 unspecified atom stereocenters. The number of likely N-dealkylation sites (tertiary alicyclic amines) is 1. The van der Waals surface area contributed by atoms with Gasteiger partial charge in [0.2, 0.25) is 0 Å². The van der Waals surface area contributed by atoms with Gasteiger partial charge in [-0.2, -0.15) is 0 Å². The Bertz CT molecular complexity index is 1210. The van der Waals surface area contributed by atoms with E-state index in [2.05, 4.69) is 5.32 Å². The fraction of sp³-hybridized carbons (Fsp3) is 0.192. The maximum absolute atomic E-state index is 12.7. The van der Waals surface area contributed by atoms with Crippen molar-refractivity contribution in [3.05, 3.63) is 94.5 Å². The number of fused-ring (bicyclic) bond motifs is 3. The molecule has 1 fully saturated rings. The fourth-order valence-electron chi connectivity index (χ4n) is 4.37. The second-order valence-electron chi connectivity index (χ2n) is 8.02. The van der Waals surface area contributed by atoms with E-state index in [-0.39, 0.29) is 17.6 Å². The average molecular weight is 410 g/mol. The van der Waals surface area contributed by atoms with Crippen molar-refractivity contribution in [2.75, 3.05) is 13.1 Å². The molecule has 5 heteroatoms. The lowest BCUT2D eigenvalue weighted by Crippen LogP contribution is -2.28. The number of carbonyl (C=O) groups is 3. The number of nitrogens with zero attached hydrogens (tertiary/aromatic N) is 1. The number of benzene rings is 3. The zero-order valence-corrected chi connectivity index (χ0v) is 17.1. The number of ketones is 1. The lowest BCUT2D eigenvalue weighted by atomic mass is 10.0. The van der Waals surface area contributed by atoms with Gasteiger partial charge >= 0.3 is 0 Å². The van der Waals surface area contributed by atoms with Gasteiger partial charge in [-0.15, -0.1) is 0 Å². The molecule has 154 valence electrons. The van der Waals surface area contributed by atoms with Crippen LogP contribution in [-0.4, -0.2) is 35.6 Å². The summed E-state index contributed by atoms with van der Waals surface area (Å²) in [6, 6.07) is 20.1. The lowest BCUT2D eigenvalue weighted by molar-refractivity contribution is 0.0792. The summed E-state index contributed by atoms with van der Waals surface area (Å²) < 4.78 is 0. The van der Waals surface area contributed by atoms with Crippen LogP contribution in [0, 0.1) is 0 Å². The molecule has 3 aromatic rings. The minimum Gasteiger partial charge on any atom is -0.348 e. The largest absolute Gasteiger partial charge is 0.348 e. The Morgan fingerprint density at radius 1 is 0.774 bits per heavy atom. The molecule has 0 saturated carbocycles. The van der Waals surface area contributed by atoms with E-state index < -0.39 is 0 Å². The maximum atomic E-state index is 12.7. The number of amides is 2. The Labute approximate surface area is 180 Å². The minimum atomic E-state index is -0.247. The molecule has 2 amide bonds. The third-order valence-electron chi connectivity index (χ3n) is 6.01. The minimum absolute atomic E-state index is 0.0439. The first-order chi connectivity index (χ1) is 15.1. The van der Waals surface area contributed by atoms with Gasteiger partial charge < -0.3 is 10.2 Å². The van der Waals surface area contributed by atoms with Gasteiger partial charge in [0.1, 0.15) is 0 Å². The SMILES string of the molecule is O=C(NCc1cccc(C(=O)N2CCCC2)c1)c1ccc2c(c1)C(=O)c1ccccc1-2. The van der Waals surface area contributed by atoms with E-state index >= 15 is 0 Å². The number of hydrogen-bond acceptors (Lipinski definition) is 3. The van der Waals surface area contributed by atoms with E-state index in [1.807, 2.05) is 59.5 Å². The van der Waals surface area contributed by atoms with Crippen LogP contribution in [0.3, 0.4) is 0 Å². The molecule has 0 aromatic heterocycles. The molecule has 31 heavy (non-hydrogen) atoms. The Morgan fingerprint density at radius 3 is 2.32 bits per heavy atom. The third kappa shape index (κ3) is 3.52. The van der Waals surface area contributed by atoms with Crippen molar-refractivity contribution >= 4 is 17.6 Å². The number of nitrogens with one attached hydrogen (secondary N) is 1. The van der Waals surface area contributed by atoms with Gasteiger partial charge in [-0.3, -0.25) is 14.4 Å². The van der Waals surface area contributed by atoms with Crippen LogP contribution < -0.4 is 5.32 Å². The van der Waals surface area contributed by atoms with Gasteiger partial charge in [0.15, 0.2) is 5.78 Å². The topological polar surface area (TPSA) is 66.5 Å². The lowest BCUT2D eigenvalue weighted by Gasteiger charge is -2.15. The number of carbonyl (C=O) groups excluding carboxylic acids is 3. The maximum Gasteiger partial charge on any atom is 0.253 e. The summed E-state index contributed by atoms with van der Waals surface area (Å²) in [6.07, 6.45) is 2.10. The van der Waals surface area contributed by atoms with Crippen LogP contribution in [0.15, 0.2) is 66.7 Å². The van der Waals surface area contributed by atoms with Gasteiger partial charge in [-0.1, -0.05) is 42.5 Å². The first-order valence-corrected chi connectivity index (χ1v) is 10.6. The van der Waals surface area contributed by atoms with Crippen molar-refractivity contribution in [2.24, 2.45) is 0 Å². The van der Waals surface area contributed by atoms with Crippen LogP contribution in [0.2, 0.25) is 0 Å². The summed E-state index contributed by atoms with van der Waals surface area (Å²) in [5.41, 5.74) is 4.97. The summed E-state index contributed by atoms with van der Waals surface area (Å²) in [5, 5.41) is 2.90. The first-order valence-electron chi connectivity index (χ1n) is 10.6. The molecule has 0 atom stereocenters. The zero-order valence-electron chi connectivity index (χ0n) is 17.1. The van der Waals surface area contributed by atoms with E-state index in [9.17, 15) is 14.4 Å². The van der Waals surface area contributed by atoms with Crippen LogP contribution >= 0.6 is 0 Å². The Hall–Kier alpha value is -3.73. The van der Waals surface area contributed by atoms with E-state index in [1.165, 1.54) is 0 Å². The normalized spacial score (nSPS) is 14.3. The van der Waals surface area contributed by atoms with E-state index in [0.717, 1.165) is 42.6 Å². The summed E-state index contributed by atoms with van der Waals surface area (Å²) in [4.78, 5) is 39.9. The van der Waals surface area contributed by atoms with Crippen LogP contribution in [0.1, 0.15) is 55.0 Å². The molecule has 1 N–H and O–H groups in total. The van der Waals surface area contributed by atoms with Crippen LogP contribution in [0.5, 0.6) is 0 Å². The summed E-state index contributed by atoms with van der Waals surface area (Å²) in [5.74, 6) is -0.251. The Morgan fingerprint density at radius 2 is 1.52 bits per heavy atom. The molecular weight excluding hydrogens is 388 g/mol. The van der Waals surface area contributed by atoms with Gasteiger partial charge in [0.05, 0.1) is 0 Å².